The molecule has 1 aromatic carbocycles. The van der Waals surface area contributed by atoms with E-state index < -0.39 is 9.04 Å². The van der Waals surface area contributed by atoms with Gasteiger partial charge in [0, 0.05) is 11.1 Å². The van der Waals surface area contributed by atoms with Gasteiger partial charge >= 0.3 is 0 Å². The maximum atomic E-state index is 6.09. The summed E-state index contributed by atoms with van der Waals surface area (Å²) in [5, 5.41) is 0. The number of hydrogen-bond donors (Lipinski definition) is 0. The first-order valence-electron chi connectivity index (χ1n) is 6.13. The van der Waals surface area contributed by atoms with Gasteiger partial charge in [0.2, 0.25) is 0 Å². The minimum atomic E-state index is -0.828. The molecule has 1 aromatic rings. The zero-order chi connectivity index (χ0) is 13.9. The van der Waals surface area contributed by atoms with Gasteiger partial charge < -0.3 is 9.16 Å². The maximum absolute atomic E-state index is 6.09. The third-order valence-corrected chi connectivity index (χ3v) is 3.26. The van der Waals surface area contributed by atoms with E-state index in [0.29, 0.717) is 0 Å². The first-order valence-corrected chi connectivity index (χ1v) is 8.54. The number of rotatable bonds is 4. The number of ether oxygens (including phenoxy) is 1. The van der Waals surface area contributed by atoms with Crippen LogP contribution in [0.3, 0.4) is 0 Å². The second-order valence-corrected chi connectivity index (χ2v) is 7.55. The fourth-order valence-electron chi connectivity index (χ4n) is 1.94. The Morgan fingerprint density at radius 3 is 2.22 bits per heavy atom. The zero-order valence-electron chi connectivity index (χ0n) is 12.3. The molecule has 0 unspecified atom stereocenters. The third kappa shape index (κ3) is 3.16. The SMILES string of the molecule is C=Cc1ccc(OC)c(C(C)(C)C)c1O[Si](C)C. The van der Waals surface area contributed by atoms with E-state index >= 15 is 0 Å². The van der Waals surface area contributed by atoms with Crippen LogP contribution in [-0.4, -0.2) is 16.2 Å². The highest BCUT2D eigenvalue weighted by atomic mass is 28.3. The van der Waals surface area contributed by atoms with Gasteiger partial charge in [-0.15, -0.1) is 0 Å². The van der Waals surface area contributed by atoms with Gasteiger partial charge in [0.05, 0.1) is 7.11 Å². The van der Waals surface area contributed by atoms with Crippen LogP contribution in [0.4, 0.5) is 0 Å². The summed E-state index contributed by atoms with van der Waals surface area (Å²) < 4.78 is 11.6. The largest absolute Gasteiger partial charge is 0.542 e. The molecule has 0 fully saturated rings. The molecule has 0 N–H and O–H groups in total. The normalized spacial score (nSPS) is 11.5. The average Bonchev–Trinajstić information content (AvgIpc) is 2.25. The molecule has 1 rings (SSSR count). The Hall–Kier alpha value is -1.22. The van der Waals surface area contributed by atoms with Crippen molar-refractivity contribution < 1.29 is 9.16 Å². The van der Waals surface area contributed by atoms with Crippen LogP contribution in [0.1, 0.15) is 31.9 Å². The molecule has 1 radical (unpaired) electrons. The Bertz CT molecular complexity index is 431. The van der Waals surface area contributed by atoms with E-state index in [4.69, 9.17) is 9.16 Å². The molecule has 2 nitrogen and oxygen atoms in total. The highest BCUT2D eigenvalue weighted by Gasteiger charge is 2.26. The van der Waals surface area contributed by atoms with Crippen molar-refractivity contribution in [2.75, 3.05) is 7.11 Å². The summed E-state index contributed by atoms with van der Waals surface area (Å²) in [7, 11) is 0.872. The summed E-state index contributed by atoms with van der Waals surface area (Å²) in [6, 6.07) is 3.99. The lowest BCUT2D eigenvalue weighted by atomic mass is 9.84. The molecule has 0 bridgehead atoms. The van der Waals surface area contributed by atoms with E-state index in [-0.39, 0.29) is 5.41 Å². The molecule has 18 heavy (non-hydrogen) atoms. The molecule has 0 heterocycles. The van der Waals surface area contributed by atoms with E-state index in [1.807, 2.05) is 18.2 Å². The lowest BCUT2D eigenvalue weighted by Gasteiger charge is -2.27. The van der Waals surface area contributed by atoms with Gasteiger partial charge in [-0.25, -0.2) is 0 Å². The molecule has 0 aromatic heterocycles. The quantitative estimate of drug-likeness (QED) is 0.755. The van der Waals surface area contributed by atoms with Crippen molar-refractivity contribution in [3.8, 4) is 11.5 Å². The van der Waals surface area contributed by atoms with Gasteiger partial charge in [-0.05, 0) is 30.6 Å². The van der Waals surface area contributed by atoms with Crippen molar-refractivity contribution in [3.05, 3.63) is 29.8 Å². The fourth-order valence-corrected chi connectivity index (χ4v) is 2.56. The predicted octanol–water partition coefficient (Wildman–Crippen LogP) is 4.27. The van der Waals surface area contributed by atoms with E-state index in [1.165, 1.54) is 0 Å². The molecule has 0 saturated carbocycles. The van der Waals surface area contributed by atoms with Crippen molar-refractivity contribution in [2.45, 2.75) is 39.3 Å². The highest BCUT2D eigenvalue weighted by molar-refractivity contribution is 6.49. The Kier molecular flexibility index (Phi) is 4.63. The predicted molar refractivity (Wildman–Crippen MR) is 79.9 cm³/mol. The molecule has 0 saturated heterocycles. The van der Waals surface area contributed by atoms with Gasteiger partial charge in [-0.2, -0.15) is 0 Å². The Morgan fingerprint density at radius 2 is 1.83 bits per heavy atom. The van der Waals surface area contributed by atoms with Crippen LogP contribution in [-0.2, 0) is 5.41 Å². The molecule has 3 heteroatoms. The molecular formula is C15H23O2Si. The maximum Gasteiger partial charge on any atom is 0.274 e. The summed E-state index contributed by atoms with van der Waals surface area (Å²) in [6.45, 7) is 14.6. The summed E-state index contributed by atoms with van der Waals surface area (Å²) in [5.41, 5.74) is 2.12. The van der Waals surface area contributed by atoms with Crippen LogP contribution in [0.25, 0.3) is 6.08 Å². The van der Waals surface area contributed by atoms with Crippen LogP contribution in [0.2, 0.25) is 13.1 Å². The van der Waals surface area contributed by atoms with Crippen LogP contribution in [0, 0.1) is 0 Å². The van der Waals surface area contributed by atoms with E-state index in [0.717, 1.165) is 22.6 Å². The van der Waals surface area contributed by atoms with Crippen LogP contribution in [0.5, 0.6) is 11.5 Å². The number of benzene rings is 1. The molecule has 0 amide bonds. The van der Waals surface area contributed by atoms with Crippen LogP contribution < -0.4 is 9.16 Å². The van der Waals surface area contributed by atoms with Gasteiger partial charge in [0.15, 0.2) is 0 Å². The van der Waals surface area contributed by atoms with Crippen molar-refractivity contribution in [2.24, 2.45) is 0 Å². The second-order valence-electron chi connectivity index (χ2n) is 5.53. The number of hydrogen-bond acceptors (Lipinski definition) is 2. The highest BCUT2D eigenvalue weighted by Crippen LogP contribution is 2.41. The summed E-state index contributed by atoms with van der Waals surface area (Å²) in [4.78, 5) is 0. The Morgan fingerprint density at radius 1 is 1.22 bits per heavy atom. The lowest BCUT2D eigenvalue weighted by molar-refractivity contribution is 0.391. The lowest BCUT2D eigenvalue weighted by Crippen LogP contribution is -2.20. The van der Waals surface area contributed by atoms with Crippen molar-refractivity contribution in [3.63, 3.8) is 0 Å². The van der Waals surface area contributed by atoms with Gasteiger partial charge in [0.1, 0.15) is 11.5 Å². The topological polar surface area (TPSA) is 18.5 Å². The zero-order valence-corrected chi connectivity index (χ0v) is 13.3. The molecule has 0 aliphatic carbocycles. The minimum absolute atomic E-state index is 0.0307. The monoisotopic (exact) mass is 263 g/mol. The fraction of sp³-hybridized carbons (Fsp3) is 0.467. The first kappa shape index (κ1) is 14.8. The standard InChI is InChI=1S/C15H23O2Si/c1-8-11-9-10-12(16-5)13(15(2,3)4)14(11)17-18(6)7/h8-10H,1H2,2-7H3. The van der Waals surface area contributed by atoms with E-state index in [9.17, 15) is 0 Å². The molecule has 99 valence electrons. The Balaban J connectivity index is 3.53. The molecular weight excluding hydrogens is 240 g/mol. The molecule has 0 spiro atoms. The Labute approximate surface area is 112 Å². The van der Waals surface area contributed by atoms with Gasteiger partial charge in [-0.3, -0.25) is 0 Å². The molecule has 0 atom stereocenters. The van der Waals surface area contributed by atoms with Crippen LogP contribution in [0.15, 0.2) is 18.7 Å². The van der Waals surface area contributed by atoms with Gasteiger partial charge in [0.25, 0.3) is 9.04 Å². The summed E-state index contributed by atoms with van der Waals surface area (Å²) in [6.07, 6.45) is 1.84. The third-order valence-electron chi connectivity index (χ3n) is 2.65. The minimum Gasteiger partial charge on any atom is -0.542 e. The van der Waals surface area contributed by atoms with Crippen LogP contribution >= 0.6 is 0 Å². The van der Waals surface area contributed by atoms with Gasteiger partial charge in [-0.1, -0.05) is 33.4 Å². The van der Waals surface area contributed by atoms with Crippen molar-refractivity contribution in [1.82, 2.24) is 0 Å². The smallest absolute Gasteiger partial charge is 0.274 e. The van der Waals surface area contributed by atoms with E-state index in [2.05, 4.69) is 40.4 Å². The summed E-state index contributed by atoms with van der Waals surface area (Å²) in [5.74, 6) is 1.81. The molecule has 0 aliphatic heterocycles. The van der Waals surface area contributed by atoms with E-state index in [1.54, 1.807) is 7.11 Å². The number of methoxy groups -OCH3 is 1. The second kappa shape index (κ2) is 5.61. The van der Waals surface area contributed by atoms with Crippen molar-refractivity contribution >= 4 is 15.1 Å². The summed E-state index contributed by atoms with van der Waals surface area (Å²) >= 11 is 0. The molecule has 0 aliphatic rings. The average molecular weight is 263 g/mol. The van der Waals surface area contributed by atoms with Crippen molar-refractivity contribution in [1.29, 1.82) is 0 Å². The first-order chi connectivity index (χ1) is 8.31.